The Kier molecular flexibility index (Phi) is 5.70. The van der Waals surface area contributed by atoms with Gasteiger partial charge in [-0.2, -0.15) is 0 Å². The lowest BCUT2D eigenvalue weighted by Gasteiger charge is -2.12. The van der Waals surface area contributed by atoms with E-state index in [1.807, 2.05) is 43.3 Å². The van der Waals surface area contributed by atoms with E-state index >= 15 is 0 Å². The molecular weight excluding hydrogens is 352 g/mol. The van der Waals surface area contributed by atoms with Gasteiger partial charge in [-0.05, 0) is 35.6 Å². The molecule has 0 radical (unpaired) electrons. The van der Waals surface area contributed by atoms with Crippen molar-refractivity contribution >= 4 is 33.7 Å². The first kappa shape index (κ1) is 15.9. The normalized spacial score (nSPS) is 10.4. The molecule has 0 spiro atoms. The predicted octanol–water partition coefficient (Wildman–Crippen LogP) is 4.84. The molecule has 0 bridgehead atoms. The number of carboxylic acids is 1. The molecular formula is C16H15BrO3S. The zero-order valence-corrected chi connectivity index (χ0v) is 13.9. The number of rotatable bonds is 6. The van der Waals surface area contributed by atoms with E-state index in [1.54, 1.807) is 6.07 Å². The highest BCUT2D eigenvalue weighted by Gasteiger charge is 2.16. The van der Waals surface area contributed by atoms with E-state index in [9.17, 15) is 9.90 Å². The number of hydrogen-bond donors (Lipinski definition) is 1. The molecule has 0 aromatic heterocycles. The molecule has 0 saturated heterocycles. The number of thioether (sulfide) groups is 1. The quantitative estimate of drug-likeness (QED) is 0.743. The second-order valence-corrected chi connectivity index (χ2v) is 6.50. The molecule has 2 rings (SSSR count). The SMILES string of the molecule is CCSc1cccc(OCc2ccc(Br)cc2)c1C(=O)O. The third-order valence-corrected chi connectivity index (χ3v) is 4.28. The third-order valence-electron chi connectivity index (χ3n) is 2.81. The van der Waals surface area contributed by atoms with Gasteiger partial charge in [0, 0.05) is 9.37 Å². The van der Waals surface area contributed by atoms with Gasteiger partial charge in [0.1, 0.15) is 17.9 Å². The first-order valence-electron chi connectivity index (χ1n) is 6.48. The van der Waals surface area contributed by atoms with Crippen molar-refractivity contribution in [3.63, 3.8) is 0 Å². The summed E-state index contributed by atoms with van der Waals surface area (Å²) in [6, 6.07) is 13.1. The van der Waals surface area contributed by atoms with Crippen LogP contribution in [0.5, 0.6) is 5.75 Å². The summed E-state index contributed by atoms with van der Waals surface area (Å²) in [4.78, 5) is 12.2. The summed E-state index contributed by atoms with van der Waals surface area (Å²) in [6.45, 7) is 2.33. The average Bonchev–Trinajstić information content (AvgIpc) is 2.47. The Hall–Kier alpha value is -1.46. The zero-order chi connectivity index (χ0) is 15.2. The molecule has 1 N–H and O–H groups in total. The van der Waals surface area contributed by atoms with Crippen LogP contribution in [0.4, 0.5) is 0 Å². The number of benzene rings is 2. The molecule has 0 aliphatic rings. The summed E-state index contributed by atoms with van der Waals surface area (Å²) >= 11 is 4.88. The molecule has 0 amide bonds. The van der Waals surface area contributed by atoms with Crippen molar-refractivity contribution in [3.8, 4) is 5.75 Å². The van der Waals surface area contributed by atoms with Crippen LogP contribution in [0, 0.1) is 0 Å². The van der Waals surface area contributed by atoms with Gasteiger partial charge in [-0.25, -0.2) is 4.79 Å². The van der Waals surface area contributed by atoms with Crippen LogP contribution >= 0.6 is 27.7 Å². The van der Waals surface area contributed by atoms with Crippen molar-refractivity contribution in [1.82, 2.24) is 0 Å². The highest BCUT2D eigenvalue weighted by atomic mass is 79.9. The molecule has 0 heterocycles. The van der Waals surface area contributed by atoms with Crippen molar-refractivity contribution in [2.75, 3.05) is 5.75 Å². The minimum Gasteiger partial charge on any atom is -0.488 e. The van der Waals surface area contributed by atoms with Crippen LogP contribution in [0.1, 0.15) is 22.8 Å². The summed E-state index contributed by atoms with van der Waals surface area (Å²) in [7, 11) is 0. The highest BCUT2D eigenvalue weighted by Crippen LogP contribution is 2.30. The molecule has 3 nitrogen and oxygen atoms in total. The molecule has 110 valence electrons. The lowest BCUT2D eigenvalue weighted by Crippen LogP contribution is -2.05. The highest BCUT2D eigenvalue weighted by molar-refractivity contribution is 9.10. The van der Waals surface area contributed by atoms with Gasteiger partial charge in [0.05, 0.1) is 0 Å². The van der Waals surface area contributed by atoms with Crippen molar-refractivity contribution in [1.29, 1.82) is 0 Å². The first-order chi connectivity index (χ1) is 10.1. The summed E-state index contributed by atoms with van der Waals surface area (Å²) in [5, 5.41) is 9.41. The van der Waals surface area contributed by atoms with Crippen LogP contribution in [0.15, 0.2) is 51.8 Å². The Labute approximate surface area is 136 Å². The third kappa shape index (κ3) is 4.25. The number of aromatic carboxylic acids is 1. The standard InChI is InChI=1S/C16H15BrO3S/c1-2-21-14-5-3-4-13(15(14)16(18)19)20-10-11-6-8-12(17)9-7-11/h3-9H,2,10H2,1H3,(H,18,19). The van der Waals surface area contributed by atoms with Gasteiger partial charge in [0.2, 0.25) is 0 Å². The van der Waals surface area contributed by atoms with Crippen molar-refractivity contribution in [3.05, 3.63) is 58.1 Å². The van der Waals surface area contributed by atoms with Crippen LogP contribution in [-0.2, 0) is 6.61 Å². The fourth-order valence-electron chi connectivity index (χ4n) is 1.86. The Morgan fingerprint density at radius 2 is 1.95 bits per heavy atom. The Morgan fingerprint density at radius 3 is 2.57 bits per heavy atom. The topological polar surface area (TPSA) is 46.5 Å². The molecule has 0 fully saturated rings. The maximum atomic E-state index is 11.5. The largest absolute Gasteiger partial charge is 0.488 e. The number of hydrogen-bond acceptors (Lipinski definition) is 3. The van der Waals surface area contributed by atoms with Gasteiger partial charge in [-0.1, -0.05) is 41.1 Å². The minimum absolute atomic E-state index is 0.237. The molecule has 5 heteroatoms. The van der Waals surface area contributed by atoms with E-state index in [1.165, 1.54) is 11.8 Å². The van der Waals surface area contributed by atoms with Crippen molar-refractivity contribution in [2.45, 2.75) is 18.4 Å². The predicted molar refractivity (Wildman–Crippen MR) is 88.3 cm³/mol. The van der Waals surface area contributed by atoms with Crippen LogP contribution in [0.2, 0.25) is 0 Å². The molecule has 2 aromatic rings. The molecule has 0 aliphatic heterocycles. The fraction of sp³-hybridized carbons (Fsp3) is 0.188. The van der Waals surface area contributed by atoms with E-state index in [2.05, 4.69) is 15.9 Å². The summed E-state index contributed by atoms with van der Waals surface area (Å²) in [6.07, 6.45) is 0. The van der Waals surface area contributed by atoms with Gasteiger partial charge >= 0.3 is 5.97 Å². The van der Waals surface area contributed by atoms with Gasteiger partial charge in [0.25, 0.3) is 0 Å². The van der Waals surface area contributed by atoms with E-state index in [0.717, 1.165) is 20.7 Å². The van der Waals surface area contributed by atoms with Gasteiger partial charge in [-0.3, -0.25) is 0 Å². The Morgan fingerprint density at radius 1 is 1.24 bits per heavy atom. The second kappa shape index (κ2) is 7.52. The maximum Gasteiger partial charge on any atom is 0.340 e. The maximum absolute atomic E-state index is 11.5. The van der Waals surface area contributed by atoms with E-state index < -0.39 is 5.97 Å². The van der Waals surface area contributed by atoms with Crippen LogP contribution in [0.3, 0.4) is 0 Å². The summed E-state index contributed by atoms with van der Waals surface area (Å²) in [5.41, 5.74) is 1.23. The van der Waals surface area contributed by atoms with Crippen LogP contribution in [-0.4, -0.2) is 16.8 Å². The molecule has 21 heavy (non-hydrogen) atoms. The molecule has 0 saturated carbocycles. The van der Waals surface area contributed by atoms with Crippen LogP contribution in [0.25, 0.3) is 0 Å². The van der Waals surface area contributed by atoms with Gasteiger partial charge in [0.15, 0.2) is 0 Å². The lowest BCUT2D eigenvalue weighted by molar-refractivity contribution is 0.0687. The smallest absolute Gasteiger partial charge is 0.340 e. The summed E-state index contributed by atoms with van der Waals surface area (Å²) in [5.74, 6) is 0.261. The Bertz CT molecular complexity index is 626. The Balaban J connectivity index is 2.21. The second-order valence-electron chi connectivity index (χ2n) is 4.28. The first-order valence-corrected chi connectivity index (χ1v) is 8.26. The monoisotopic (exact) mass is 366 g/mol. The number of ether oxygens (including phenoxy) is 1. The molecule has 0 unspecified atom stereocenters. The lowest BCUT2D eigenvalue weighted by atomic mass is 10.2. The fourth-order valence-corrected chi connectivity index (χ4v) is 2.94. The van der Waals surface area contributed by atoms with Gasteiger partial charge < -0.3 is 9.84 Å². The van der Waals surface area contributed by atoms with E-state index in [0.29, 0.717) is 12.4 Å². The molecule has 2 aromatic carbocycles. The zero-order valence-electron chi connectivity index (χ0n) is 11.5. The van der Waals surface area contributed by atoms with Crippen LogP contribution < -0.4 is 4.74 Å². The van der Waals surface area contributed by atoms with Crippen molar-refractivity contribution in [2.24, 2.45) is 0 Å². The van der Waals surface area contributed by atoms with Crippen molar-refractivity contribution < 1.29 is 14.6 Å². The van der Waals surface area contributed by atoms with E-state index in [4.69, 9.17) is 4.74 Å². The minimum atomic E-state index is -0.961. The molecule has 0 atom stereocenters. The molecule has 0 aliphatic carbocycles. The van der Waals surface area contributed by atoms with Gasteiger partial charge in [-0.15, -0.1) is 11.8 Å². The number of carbonyl (C=O) groups is 1. The number of carboxylic acid groups (broad SMARTS) is 1. The summed E-state index contributed by atoms with van der Waals surface area (Å²) < 4.78 is 6.70. The average molecular weight is 367 g/mol. The van der Waals surface area contributed by atoms with E-state index in [-0.39, 0.29) is 5.56 Å². The number of halogens is 1.